The maximum absolute atomic E-state index is 9.20. The third-order valence-corrected chi connectivity index (χ3v) is 5.38. The summed E-state index contributed by atoms with van der Waals surface area (Å²) in [7, 11) is 0. The van der Waals surface area contributed by atoms with Crippen molar-refractivity contribution in [2.75, 3.05) is 13.1 Å². The molecule has 0 atom stereocenters. The second-order valence-corrected chi connectivity index (χ2v) is 6.84. The zero-order chi connectivity index (χ0) is 15.6. The van der Waals surface area contributed by atoms with Gasteiger partial charge >= 0.3 is 0 Å². The van der Waals surface area contributed by atoms with Gasteiger partial charge in [0.15, 0.2) is 0 Å². The fraction of sp³-hybridized carbons (Fsp3) is 0.333. The Morgan fingerprint density at radius 3 is 2.96 bits per heavy atom. The first kappa shape index (κ1) is 14.4. The smallest absolute Gasteiger partial charge is 0.101 e. The number of rotatable bonds is 3. The lowest BCUT2D eigenvalue weighted by Crippen LogP contribution is -2.32. The van der Waals surface area contributed by atoms with Crippen molar-refractivity contribution >= 4 is 22.2 Å². The van der Waals surface area contributed by atoms with Crippen LogP contribution in [-0.4, -0.2) is 28.0 Å². The molecule has 23 heavy (non-hydrogen) atoms. The summed E-state index contributed by atoms with van der Waals surface area (Å²) in [5.41, 5.74) is 6.16. The predicted octanol–water partition coefficient (Wildman–Crippen LogP) is 3.88. The highest BCUT2D eigenvalue weighted by atomic mass is 32.1. The number of likely N-dealkylation sites (tertiary alicyclic amines) is 1. The van der Waals surface area contributed by atoms with Crippen LogP contribution in [-0.2, 0) is 6.54 Å². The number of hydrogen-bond donors (Lipinski definition) is 1. The van der Waals surface area contributed by atoms with E-state index in [1.165, 1.54) is 29.5 Å². The minimum Gasteiger partial charge on any atom is -0.360 e. The Bertz CT molecular complexity index is 836. The number of thiazole rings is 1. The van der Waals surface area contributed by atoms with Crippen molar-refractivity contribution in [3.05, 3.63) is 52.1 Å². The predicted molar refractivity (Wildman–Crippen MR) is 92.4 cm³/mol. The van der Waals surface area contributed by atoms with E-state index in [0.717, 1.165) is 30.7 Å². The monoisotopic (exact) mass is 322 g/mol. The third kappa shape index (κ3) is 2.76. The maximum Gasteiger partial charge on any atom is 0.101 e. The molecule has 0 spiro atoms. The number of H-pyrrole nitrogens is 1. The van der Waals surface area contributed by atoms with Crippen LogP contribution < -0.4 is 0 Å². The van der Waals surface area contributed by atoms with Gasteiger partial charge in [0.05, 0.1) is 22.3 Å². The quantitative estimate of drug-likeness (QED) is 0.796. The summed E-state index contributed by atoms with van der Waals surface area (Å²) in [5, 5.41) is 12.6. The van der Waals surface area contributed by atoms with Gasteiger partial charge in [-0.1, -0.05) is 12.1 Å². The highest BCUT2D eigenvalue weighted by Crippen LogP contribution is 2.29. The molecule has 116 valence electrons. The molecule has 0 unspecified atom stereocenters. The standard InChI is InChI=1S/C18H18N4S/c19-8-14-2-1-3-16-15(9-20-18(14)16)10-22-6-4-13(5-7-22)17-11-23-12-21-17/h1-3,9,11-13,20H,4-7,10H2. The summed E-state index contributed by atoms with van der Waals surface area (Å²) < 4.78 is 0. The molecule has 1 saturated heterocycles. The number of nitrogens with one attached hydrogen (secondary N) is 1. The topological polar surface area (TPSA) is 55.7 Å². The van der Waals surface area contributed by atoms with Crippen molar-refractivity contribution in [3.8, 4) is 6.07 Å². The Morgan fingerprint density at radius 1 is 1.35 bits per heavy atom. The zero-order valence-electron chi connectivity index (χ0n) is 12.8. The minimum absolute atomic E-state index is 0.616. The van der Waals surface area contributed by atoms with Crippen molar-refractivity contribution in [2.45, 2.75) is 25.3 Å². The molecule has 1 aliphatic rings. The van der Waals surface area contributed by atoms with Crippen molar-refractivity contribution in [1.29, 1.82) is 5.26 Å². The van der Waals surface area contributed by atoms with Crippen molar-refractivity contribution in [2.24, 2.45) is 0 Å². The number of para-hydroxylation sites is 1. The minimum atomic E-state index is 0.616. The average Bonchev–Trinajstić information content (AvgIpc) is 3.26. The van der Waals surface area contributed by atoms with Crippen molar-refractivity contribution < 1.29 is 0 Å². The van der Waals surface area contributed by atoms with E-state index < -0.39 is 0 Å². The maximum atomic E-state index is 9.20. The largest absolute Gasteiger partial charge is 0.360 e. The van der Waals surface area contributed by atoms with E-state index in [-0.39, 0.29) is 0 Å². The normalized spacial score (nSPS) is 16.7. The molecule has 0 amide bonds. The van der Waals surface area contributed by atoms with Gasteiger partial charge in [-0.3, -0.25) is 4.90 Å². The van der Waals surface area contributed by atoms with E-state index >= 15 is 0 Å². The fourth-order valence-corrected chi connectivity index (χ4v) is 4.12. The van der Waals surface area contributed by atoms with Gasteiger partial charge in [0.2, 0.25) is 0 Å². The molecule has 2 aromatic heterocycles. The zero-order valence-corrected chi connectivity index (χ0v) is 13.6. The summed E-state index contributed by atoms with van der Waals surface area (Å²) in [6.07, 6.45) is 4.41. The summed E-state index contributed by atoms with van der Waals surface area (Å²) in [4.78, 5) is 10.2. The highest BCUT2D eigenvalue weighted by Gasteiger charge is 2.22. The van der Waals surface area contributed by atoms with Gasteiger partial charge < -0.3 is 4.98 Å². The van der Waals surface area contributed by atoms with Crippen molar-refractivity contribution in [1.82, 2.24) is 14.9 Å². The first-order chi connectivity index (χ1) is 11.3. The Labute approximate surface area is 139 Å². The molecule has 0 saturated carbocycles. The van der Waals surface area contributed by atoms with Crippen LogP contribution in [0.2, 0.25) is 0 Å². The SMILES string of the molecule is N#Cc1cccc2c(CN3CCC(c4cscn4)CC3)c[nH]c12. The number of nitriles is 1. The number of fused-ring (bicyclic) bond motifs is 1. The highest BCUT2D eigenvalue weighted by molar-refractivity contribution is 7.07. The van der Waals surface area contributed by atoms with Crippen LogP contribution in [0.4, 0.5) is 0 Å². The molecular weight excluding hydrogens is 304 g/mol. The lowest BCUT2D eigenvalue weighted by atomic mass is 9.94. The summed E-state index contributed by atoms with van der Waals surface area (Å²) in [6.45, 7) is 3.15. The number of piperidine rings is 1. The van der Waals surface area contributed by atoms with Gasteiger partial charge in [-0.05, 0) is 37.6 Å². The third-order valence-electron chi connectivity index (χ3n) is 4.77. The molecule has 3 heterocycles. The number of benzene rings is 1. The Hall–Kier alpha value is -2.16. The van der Waals surface area contributed by atoms with Crippen LogP contribution >= 0.6 is 11.3 Å². The number of aromatic nitrogens is 2. The second kappa shape index (κ2) is 6.15. The van der Waals surface area contributed by atoms with E-state index in [0.29, 0.717) is 5.92 Å². The number of hydrogen-bond acceptors (Lipinski definition) is 4. The van der Waals surface area contributed by atoms with Crippen LogP contribution in [0.3, 0.4) is 0 Å². The van der Waals surface area contributed by atoms with Gasteiger partial charge in [-0.15, -0.1) is 11.3 Å². The van der Waals surface area contributed by atoms with Crippen LogP contribution in [0.15, 0.2) is 35.3 Å². The Balaban J connectivity index is 1.47. The summed E-state index contributed by atoms with van der Waals surface area (Å²) in [6, 6.07) is 8.19. The average molecular weight is 322 g/mol. The van der Waals surface area contributed by atoms with E-state index in [1.54, 1.807) is 11.3 Å². The molecule has 1 aliphatic heterocycles. The van der Waals surface area contributed by atoms with Gasteiger partial charge in [0.25, 0.3) is 0 Å². The van der Waals surface area contributed by atoms with Crippen LogP contribution in [0.25, 0.3) is 10.9 Å². The molecule has 0 aliphatic carbocycles. The number of aromatic amines is 1. The first-order valence-electron chi connectivity index (χ1n) is 7.94. The molecule has 1 aromatic carbocycles. The lowest BCUT2D eigenvalue weighted by Gasteiger charge is -2.31. The summed E-state index contributed by atoms with van der Waals surface area (Å²) in [5.74, 6) is 0.616. The molecule has 0 radical (unpaired) electrons. The van der Waals surface area contributed by atoms with E-state index in [9.17, 15) is 5.26 Å². The van der Waals surface area contributed by atoms with E-state index in [4.69, 9.17) is 0 Å². The lowest BCUT2D eigenvalue weighted by molar-refractivity contribution is 0.204. The number of nitrogens with zero attached hydrogens (tertiary/aromatic N) is 3. The molecule has 4 nitrogen and oxygen atoms in total. The molecular formula is C18H18N4S. The Morgan fingerprint density at radius 2 is 2.22 bits per heavy atom. The second-order valence-electron chi connectivity index (χ2n) is 6.12. The molecule has 4 rings (SSSR count). The van der Waals surface area contributed by atoms with Gasteiger partial charge in [0.1, 0.15) is 6.07 Å². The Kier molecular flexibility index (Phi) is 3.86. The van der Waals surface area contributed by atoms with E-state index in [1.807, 2.05) is 17.6 Å². The van der Waals surface area contributed by atoms with E-state index in [2.05, 4.69) is 38.6 Å². The van der Waals surface area contributed by atoms with Gasteiger partial charge in [-0.25, -0.2) is 4.98 Å². The van der Waals surface area contributed by atoms with Crippen molar-refractivity contribution in [3.63, 3.8) is 0 Å². The van der Waals surface area contributed by atoms with Crippen LogP contribution in [0.5, 0.6) is 0 Å². The van der Waals surface area contributed by atoms with Crippen LogP contribution in [0, 0.1) is 11.3 Å². The van der Waals surface area contributed by atoms with Crippen LogP contribution in [0.1, 0.15) is 35.6 Å². The molecule has 1 fully saturated rings. The molecule has 1 N–H and O–H groups in total. The fourth-order valence-electron chi connectivity index (χ4n) is 3.49. The molecule has 0 bridgehead atoms. The summed E-state index contributed by atoms with van der Waals surface area (Å²) >= 11 is 1.69. The van der Waals surface area contributed by atoms with Gasteiger partial charge in [-0.2, -0.15) is 5.26 Å². The van der Waals surface area contributed by atoms with Gasteiger partial charge in [0, 0.05) is 29.4 Å². The first-order valence-corrected chi connectivity index (χ1v) is 8.89. The molecule has 3 aromatic rings. The molecule has 5 heteroatoms.